The molecule has 0 bridgehead atoms. The maximum atomic E-state index is 12.3. The van der Waals surface area contributed by atoms with Crippen molar-refractivity contribution in [3.05, 3.63) is 12.7 Å². The molecular formula is C14H25NO6S. The first-order chi connectivity index (χ1) is 9.85. The van der Waals surface area contributed by atoms with E-state index in [-0.39, 0.29) is 13.0 Å². The highest BCUT2D eigenvalue weighted by atomic mass is 32.2. The summed E-state index contributed by atoms with van der Waals surface area (Å²) < 4.78 is 32.3. The molecule has 0 aromatic carbocycles. The molecular weight excluding hydrogens is 310 g/mol. The summed E-state index contributed by atoms with van der Waals surface area (Å²) in [5, 5.41) is 2.49. The SMILES string of the molecule is C=CC[C@@H](COS(C)(=O)=O)[C@H](NC(C)=O)C(=O)OC(C)(C)C. The van der Waals surface area contributed by atoms with Gasteiger partial charge in [0.25, 0.3) is 10.1 Å². The van der Waals surface area contributed by atoms with Gasteiger partial charge in [-0.3, -0.25) is 8.98 Å². The summed E-state index contributed by atoms with van der Waals surface area (Å²) in [7, 11) is -3.66. The maximum Gasteiger partial charge on any atom is 0.329 e. The predicted octanol–water partition coefficient (Wildman–Crippen LogP) is 1.00. The standard InChI is InChI=1S/C14H25NO6S/c1-7-8-11(9-20-22(6,18)19)12(15-10(2)16)13(17)21-14(3,4)5/h7,11-12H,1,8-9H2,2-6H3,(H,15,16)/t11-,12-/m0/s1. The van der Waals surface area contributed by atoms with Gasteiger partial charge in [-0.05, 0) is 27.2 Å². The van der Waals surface area contributed by atoms with Crippen molar-refractivity contribution in [1.82, 2.24) is 5.32 Å². The topological polar surface area (TPSA) is 98.8 Å². The van der Waals surface area contributed by atoms with Crippen molar-refractivity contribution in [1.29, 1.82) is 0 Å². The van der Waals surface area contributed by atoms with E-state index in [2.05, 4.69) is 11.9 Å². The lowest BCUT2D eigenvalue weighted by Crippen LogP contribution is -2.49. The molecule has 0 aromatic rings. The normalized spacial score (nSPS) is 14.8. The number of hydrogen-bond donors (Lipinski definition) is 1. The summed E-state index contributed by atoms with van der Waals surface area (Å²) in [6.07, 6.45) is 2.72. The Kier molecular flexibility index (Phi) is 7.75. The second-order valence-electron chi connectivity index (χ2n) is 5.98. The number of rotatable bonds is 8. The lowest BCUT2D eigenvalue weighted by atomic mass is 9.96. The van der Waals surface area contributed by atoms with Crippen LogP contribution < -0.4 is 5.32 Å². The molecule has 22 heavy (non-hydrogen) atoms. The Morgan fingerprint density at radius 2 is 1.86 bits per heavy atom. The number of esters is 1. The Balaban J connectivity index is 5.24. The molecule has 0 radical (unpaired) electrons. The van der Waals surface area contributed by atoms with Crippen LogP contribution in [0.5, 0.6) is 0 Å². The van der Waals surface area contributed by atoms with Crippen molar-refractivity contribution in [2.24, 2.45) is 5.92 Å². The minimum absolute atomic E-state index is 0.255. The fraction of sp³-hybridized carbons (Fsp3) is 0.714. The zero-order chi connectivity index (χ0) is 17.6. The molecule has 2 atom stereocenters. The van der Waals surface area contributed by atoms with Gasteiger partial charge in [0.15, 0.2) is 0 Å². The first-order valence-electron chi connectivity index (χ1n) is 6.81. The van der Waals surface area contributed by atoms with Crippen LogP contribution in [-0.4, -0.2) is 44.8 Å². The molecule has 0 aromatic heterocycles. The molecule has 0 saturated carbocycles. The molecule has 7 nitrogen and oxygen atoms in total. The Morgan fingerprint density at radius 1 is 1.32 bits per heavy atom. The van der Waals surface area contributed by atoms with E-state index in [0.29, 0.717) is 0 Å². The number of amides is 1. The van der Waals surface area contributed by atoms with Gasteiger partial charge in [0.2, 0.25) is 5.91 Å². The van der Waals surface area contributed by atoms with Crippen LogP contribution in [0.2, 0.25) is 0 Å². The monoisotopic (exact) mass is 335 g/mol. The molecule has 0 aliphatic carbocycles. The molecule has 128 valence electrons. The van der Waals surface area contributed by atoms with E-state index in [1.54, 1.807) is 20.8 Å². The number of nitrogens with one attached hydrogen (secondary N) is 1. The van der Waals surface area contributed by atoms with Crippen molar-refractivity contribution in [3.8, 4) is 0 Å². The van der Waals surface area contributed by atoms with E-state index in [1.165, 1.54) is 13.0 Å². The van der Waals surface area contributed by atoms with Gasteiger partial charge in [0.05, 0.1) is 12.9 Å². The Morgan fingerprint density at radius 3 is 2.23 bits per heavy atom. The Hall–Kier alpha value is -1.41. The minimum atomic E-state index is -3.66. The Labute approximate surface area is 132 Å². The van der Waals surface area contributed by atoms with Crippen molar-refractivity contribution in [2.75, 3.05) is 12.9 Å². The first-order valence-corrected chi connectivity index (χ1v) is 8.62. The third-order valence-electron chi connectivity index (χ3n) is 2.46. The van der Waals surface area contributed by atoms with Crippen molar-refractivity contribution in [3.63, 3.8) is 0 Å². The van der Waals surface area contributed by atoms with Crippen LogP contribution in [0.4, 0.5) is 0 Å². The van der Waals surface area contributed by atoms with Crippen LogP contribution in [-0.2, 0) is 28.6 Å². The van der Waals surface area contributed by atoms with Crippen molar-refractivity contribution in [2.45, 2.75) is 45.8 Å². The quantitative estimate of drug-likeness (QED) is 0.404. The van der Waals surface area contributed by atoms with E-state index in [1.807, 2.05) is 0 Å². The Bertz CT molecular complexity index is 506. The van der Waals surface area contributed by atoms with Gasteiger partial charge in [-0.25, -0.2) is 4.79 Å². The average molecular weight is 335 g/mol. The van der Waals surface area contributed by atoms with Gasteiger partial charge in [-0.15, -0.1) is 6.58 Å². The zero-order valence-electron chi connectivity index (χ0n) is 13.7. The van der Waals surface area contributed by atoms with E-state index in [4.69, 9.17) is 8.92 Å². The molecule has 0 heterocycles. The minimum Gasteiger partial charge on any atom is -0.458 e. The zero-order valence-corrected chi connectivity index (χ0v) is 14.5. The predicted molar refractivity (Wildman–Crippen MR) is 82.5 cm³/mol. The molecule has 0 rings (SSSR count). The molecule has 0 aliphatic rings. The molecule has 0 spiro atoms. The number of carbonyl (C=O) groups excluding carboxylic acids is 2. The van der Waals surface area contributed by atoms with Crippen LogP contribution in [0, 0.1) is 5.92 Å². The maximum absolute atomic E-state index is 12.3. The molecule has 0 aliphatic heterocycles. The third-order valence-corrected chi connectivity index (χ3v) is 3.02. The van der Waals surface area contributed by atoms with Gasteiger partial charge in [-0.2, -0.15) is 8.42 Å². The molecule has 8 heteroatoms. The van der Waals surface area contributed by atoms with Crippen LogP contribution >= 0.6 is 0 Å². The summed E-state index contributed by atoms with van der Waals surface area (Å²) in [4.78, 5) is 23.6. The molecule has 0 saturated heterocycles. The van der Waals surface area contributed by atoms with Crippen LogP contribution in [0.25, 0.3) is 0 Å². The fourth-order valence-electron chi connectivity index (χ4n) is 1.68. The van der Waals surface area contributed by atoms with Crippen LogP contribution in [0.15, 0.2) is 12.7 Å². The summed E-state index contributed by atoms with van der Waals surface area (Å²) in [6, 6.07) is -1.02. The number of ether oxygens (including phenoxy) is 1. The molecule has 0 unspecified atom stereocenters. The van der Waals surface area contributed by atoms with E-state index in [0.717, 1.165) is 6.26 Å². The molecule has 1 N–H and O–H groups in total. The van der Waals surface area contributed by atoms with E-state index >= 15 is 0 Å². The highest BCUT2D eigenvalue weighted by Gasteiger charge is 2.33. The molecule has 0 fully saturated rings. The van der Waals surface area contributed by atoms with E-state index in [9.17, 15) is 18.0 Å². The summed E-state index contributed by atoms with van der Waals surface area (Å²) in [5.74, 6) is -1.68. The largest absolute Gasteiger partial charge is 0.458 e. The van der Waals surface area contributed by atoms with Gasteiger partial charge in [0, 0.05) is 12.8 Å². The van der Waals surface area contributed by atoms with Crippen LogP contribution in [0.1, 0.15) is 34.1 Å². The lowest BCUT2D eigenvalue weighted by molar-refractivity contribution is -0.160. The van der Waals surface area contributed by atoms with Crippen LogP contribution in [0.3, 0.4) is 0 Å². The number of hydrogen-bond acceptors (Lipinski definition) is 6. The van der Waals surface area contributed by atoms with Crippen molar-refractivity contribution >= 4 is 22.0 Å². The van der Waals surface area contributed by atoms with Gasteiger partial charge < -0.3 is 10.1 Å². The smallest absolute Gasteiger partial charge is 0.329 e. The average Bonchev–Trinajstić information content (AvgIpc) is 2.28. The summed E-state index contributed by atoms with van der Waals surface area (Å²) in [5.41, 5.74) is -0.732. The lowest BCUT2D eigenvalue weighted by Gasteiger charge is -2.28. The van der Waals surface area contributed by atoms with E-state index < -0.39 is 39.6 Å². The first kappa shape index (κ1) is 20.6. The highest BCUT2D eigenvalue weighted by molar-refractivity contribution is 7.85. The summed E-state index contributed by atoms with van der Waals surface area (Å²) >= 11 is 0. The van der Waals surface area contributed by atoms with Gasteiger partial charge in [-0.1, -0.05) is 6.08 Å². The summed E-state index contributed by atoms with van der Waals surface area (Å²) in [6.45, 7) is 9.68. The molecule has 1 amide bonds. The fourth-order valence-corrected chi connectivity index (χ4v) is 2.10. The second-order valence-corrected chi connectivity index (χ2v) is 7.63. The number of allylic oxidation sites excluding steroid dienone is 1. The van der Waals surface area contributed by atoms with Gasteiger partial charge in [0.1, 0.15) is 11.6 Å². The third kappa shape index (κ3) is 9.51. The number of carbonyl (C=O) groups is 2. The van der Waals surface area contributed by atoms with Gasteiger partial charge >= 0.3 is 5.97 Å². The second kappa shape index (κ2) is 8.28. The highest BCUT2D eigenvalue weighted by Crippen LogP contribution is 2.17. The van der Waals surface area contributed by atoms with Crippen molar-refractivity contribution < 1.29 is 26.9 Å².